The summed E-state index contributed by atoms with van der Waals surface area (Å²) in [7, 11) is 0. The van der Waals surface area contributed by atoms with Gasteiger partial charge in [0.15, 0.2) is 11.6 Å². The highest BCUT2D eigenvalue weighted by Gasteiger charge is 2.40. The Morgan fingerprint density at radius 2 is 1.82 bits per heavy atom. The highest BCUT2D eigenvalue weighted by molar-refractivity contribution is 6.05. The number of hydrogen-bond acceptors (Lipinski definition) is 6. The van der Waals surface area contributed by atoms with Crippen LogP contribution in [0.2, 0.25) is 0 Å². The minimum absolute atomic E-state index is 0.0413. The van der Waals surface area contributed by atoms with Gasteiger partial charge in [0.2, 0.25) is 0 Å². The van der Waals surface area contributed by atoms with Crippen molar-refractivity contribution in [2.45, 2.75) is 25.6 Å². The van der Waals surface area contributed by atoms with Gasteiger partial charge in [0.1, 0.15) is 5.82 Å². The summed E-state index contributed by atoms with van der Waals surface area (Å²) in [5, 5.41) is 2.85. The third kappa shape index (κ3) is 3.90. The second-order valence-corrected chi connectivity index (χ2v) is 7.09. The second kappa shape index (κ2) is 7.69. The molecule has 2 saturated heterocycles. The number of benzene rings is 1. The van der Waals surface area contributed by atoms with E-state index in [9.17, 15) is 9.59 Å². The molecular formula is C21H23N3O4. The quantitative estimate of drug-likeness (QED) is 0.821. The fourth-order valence-corrected chi connectivity index (χ4v) is 3.61. The van der Waals surface area contributed by atoms with E-state index in [1.54, 1.807) is 42.6 Å². The van der Waals surface area contributed by atoms with Crippen molar-refractivity contribution in [3.8, 4) is 0 Å². The molecule has 0 bridgehead atoms. The van der Waals surface area contributed by atoms with Crippen LogP contribution in [0.15, 0.2) is 42.6 Å². The number of piperidine rings is 1. The summed E-state index contributed by atoms with van der Waals surface area (Å²) < 4.78 is 11.5. The number of ether oxygens (including phenoxy) is 2. The number of nitrogens with one attached hydrogen (secondary N) is 1. The van der Waals surface area contributed by atoms with Gasteiger partial charge in [-0.1, -0.05) is 12.1 Å². The van der Waals surface area contributed by atoms with E-state index in [0.717, 1.165) is 31.7 Å². The Morgan fingerprint density at radius 3 is 2.54 bits per heavy atom. The highest BCUT2D eigenvalue weighted by atomic mass is 16.7. The predicted molar refractivity (Wildman–Crippen MR) is 105 cm³/mol. The lowest BCUT2D eigenvalue weighted by Gasteiger charge is -2.38. The molecule has 1 aromatic heterocycles. The third-order valence-corrected chi connectivity index (χ3v) is 5.20. The molecular weight excluding hydrogens is 358 g/mol. The lowest BCUT2D eigenvalue weighted by Crippen LogP contribution is -2.45. The van der Waals surface area contributed by atoms with Crippen LogP contribution in [0.4, 0.5) is 11.5 Å². The maximum Gasteiger partial charge on any atom is 0.255 e. The molecule has 7 heteroatoms. The molecule has 2 aliphatic rings. The van der Waals surface area contributed by atoms with Gasteiger partial charge < -0.3 is 19.7 Å². The first-order valence-electron chi connectivity index (χ1n) is 9.46. The number of pyridine rings is 1. The van der Waals surface area contributed by atoms with Gasteiger partial charge in [-0.2, -0.15) is 0 Å². The number of aromatic nitrogens is 1. The molecule has 1 spiro atoms. The molecule has 3 heterocycles. The van der Waals surface area contributed by atoms with Crippen LogP contribution in [-0.2, 0) is 9.47 Å². The molecule has 28 heavy (non-hydrogen) atoms. The van der Waals surface area contributed by atoms with Gasteiger partial charge in [0.25, 0.3) is 5.91 Å². The van der Waals surface area contributed by atoms with Crippen molar-refractivity contribution in [3.63, 3.8) is 0 Å². The lowest BCUT2D eigenvalue weighted by molar-refractivity contribution is -0.169. The van der Waals surface area contributed by atoms with Crippen LogP contribution in [0.3, 0.4) is 0 Å². The van der Waals surface area contributed by atoms with E-state index in [1.807, 2.05) is 0 Å². The van der Waals surface area contributed by atoms with Crippen molar-refractivity contribution >= 4 is 23.2 Å². The molecule has 0 atom stereocenters. The van der Waals surface area contributed by atoms with Gasteiger partial charge in [-0.15, -0.1) is 0 Å². The number of carbonyl (C=O) groups is 2. The number of hydrogen-bond donors (Lipinski definition) is 1. The molecule has 4 rings (SSSR count). The smallest absolute Gasteiger partial charge is 0.255 e. The maximum absolute atomic E-state index is 12.7. The van der Waals surface area contributed by atoms with Crippen LogP contribution < -0.4 is 10.2 Å². The van der Waals surface area contributed by atoms with Crippen molar-refractivity contribution in [2.24, 2.45) is 0 Å². The summed E-state index contributed by atoms with van der Waals surface area (Å²) in [5.41, 5.74) is 1.67. The Morgan fingerprint density at radius 1 is 1.07 bits per heavy atom. The van der Waals surface area contributed by atoms with E-state index in [-0.39, 0.29) is 11.7 Å². The lowest BCUT2D eigenvalue weighted by atomic mass is 10.0. The Kier molecular flexibility index (Phi) is 5.11. The van der Waals surface area contributed by atoms with Crippen LogP contribution in [0.25, 0.3) is 0 Å². The first-order valence-corrected chi connectivity index (χ1v) is 9.46. The van der Waals surface area contributed by atoms with Gasteiger partial charge >= 0.3 is 0 Å². The zero-order valence-electron chi connectivity index (χ0n) is 15.8. The molecule has 1 amide bonds. The number of rotatable bonds is 4. The van der Waals surface area contributed by atoms with E-state index in [2.05, 4.69) is 15.2 Å². The predicted octanol–water partition coefficient (Wildman–Crippen LogP) is 2.88. The number of Topliss-reactive ketones (excluding diaryl/α,β-unsaturated/α-hetero) is 1. The zero-order chi connectivity index (χ0) is 19.6. The molecule has 7 nitrogen and oxygen atoms in total. The number of ketones is 1. The summed E-state index contributed by atoms with van der Waals surface area (Å²) in [6.07, 6.45) is 3.20. The first-order chi connectivity index (χ1) is 13.5. The van der Waals surface area contributed by atoms with Gasteiger partial charge in [-0.25, -0.2) is 4.98 Å². The molecule has 2 aliphatic heterocycles. The average Bonchev–Trinajstić information content (AvgIpc) is 3.17. The SMILES string of the molecule is CC(=O)c1cccc(NC(=O)c2ccnc(N3CCC4(CC3)OCCO4)c2)c1. The molecule has 146 valence electrons. The Hall–Kier alpha value is -2.77. The summed E-state index contributed by atoms with van der Waals surface area (Å²) in [5.74, 6) is 0.0476. The number of anilines is 2. The van der Waals surface area contributed by atoms with Crippen LogP contribution in [0.1, 0.15) is 40.5 Å². The van der Waals surface area contributed by atoms with Crippen molar-refractivity contribution < 1.29 is 19.1 Å². The Labute approximate surface area is 163 Å². The number of carbonyl (C=O) groups excluding carboxylic acids is 2. The molecule has 0 saturated carbocycles. The fourth-order valence-electron chi connectivity index (χ4n) is 3.61. The third-order valence-electron chi connectivity index (χ3n) is 5.20. The monoisotopic (exact) mass is 381 g/mol. The minimum atomic E-state index is -0.437. The standard InChI is InChI=1S/C21H23N3O4/c1-15(25)16-3-2-4-18(13-16)23-20(26)17-5-8-22-19(14-17)24-9-6-21(7-10-24)27-11-12-28-21/h2-5,8,13-14H,6-7,9-12H2,1H3,(H,23,26). The number of amides is 1. The normalized spacial score (nSPS) is 18.2. The van der Waals surface area contributed by atoms with Crippen molar-refractivity contribution in [1.82, 2.24) is 4.98 Å². The second-order valence-electron chi connectivity index (χ2n) is 7.09. The van der Waals surface area contributed by atoms with E-state index in [1.165, 1.54) is 6.92 Å². The summed E-state index contributed by atoms with van der Waals surface area (Å²) >= 11 is 0. The summed E-state index contributed by atoms with van der Waals surface area (Å²) in [4.78, 5) is 30.7. The zero-order valence-corrected chi connectivity index (χ0v) is 15.8. The van der Waals surface area contributed by atoms with Crippen molar-refractivity contribution in [1.29, 1.82) is 0 Å². The van der Waals surface area contributed by atoms with Crippen LogP contribution in [0, 0.1) is 0 Å². The van der Waals surface area contributed by atoms with Gasteiger partial charge in [-0.05, 0) is 31.2 Å². The van der Waals surface area contributed by atoms with Gasteiger partial charge in [0.05, 0.1) is 13.2 Å². The molecule has 2 aromatic rings. The van der Waals surface area contributed by atoms with E-state index in [0.29, 0.717) is 30.0 Å². The Balaban J connectivity index is 1.44. The molecule has 2 fully saturated rings. The van der Waals surface area contributed by atoms with Crippen molar-refractivity contribution in [2.75, 3.05) is 36.5 Å². The minimum Gasteiger partial charge on any atom is -0.356 e. The first kappa shape index (κ1) is 18.6. The van der Waals surface area contributed by atoms with E-state index < -0.39 is 5.79 Å². The van der Waals surface area contributed by atoms with Crippen LogP contribution in [0.5, 0.6) is 0 Å². The number of nitrogens with zero attached hydrogens (tertiary/aromatic N) is 2. The highest BCUT2D eigenvalue weighted by Crippen LogP contribution is 2.32. The van der Waals surface area contributed by atoms with E-state index in [4.69, 9.17) is 9.47 Å². The Bertz CT molecular complexity index is 883. The fraction of sp³-hybridized carbons (Fsp3) is 0.381. The molecule has 0 unspecified atom stereocenters. The summed E-state index contributed by atoms with van der Waals surface area (Å²) in [6, 6.07) is 10.4. The summed E-state index contributed by atoms with van der Waals surface area (Å²) in [6.45, 7) is 4.33. The van der Waals surface area contributed by atoms with Gasteiger partial charge in [0, 0.05) is 48.9 Å². The topological polar surface area (TPSA) is 80.8 Å². The van der Waals surface area contributed by atoms with Crippen molar-refractivity contribution in [3.05, 3.63) is 53.7 Å². The molecule has 0 radical (unpaired) electrons. The molecule has 0 aliphatic carbocycles. The van der Waals surface area contributed by atoms with Crippen LogP contribution in [-0.4, -0.2) is 48.8 Å². The van der Waals surface area contributed by atoms with Gasteiger partial charge in [-0.3, -0.25) is 9.59 Å². The molecule has 1 aromatic carbocycles. The van der Waals surface area contributed by atoms with E-state index >= 15 is 0 Å². The largest absolute Gasteiger partial charge is 0.356 e. The average molecular weight is 381 g/mol. The van der Waals surface area contributed by atoms with Crippen LogP contribution >= 0.6 is 0 Å². The molecule has 1 N–H and O–H groups in total. The maximum atomic E-state index is 12.7.